The lowest BCUT2D eigenvalue weighted by atomic mass is 10.1. The minimum atomic E-state index is -4.30. The lowest BCUT2D eigenvalue weighted by molar-refractivity contribution is -0.127. The molecule has 6 nitrogen and oxygen atoms in total. The van der Waals surface area contributed by atoms with Gasteiger partial charge in [0.05, 0.1) is 6.42 Å². The highest BCUT2D eigenvalue weighted by atomic mass is 19.4. The summed E-state index contributed by atoms with van der Waals surface area (Å²) in [5.41, 5.74) is 0.514. The number of amides is 2. The Balaban J connectivity index is 2.09. The molecular weight excluding hydrogens is 325 g/mol. The fourth-order valence-electron chi connectivity index (χ4n) is 2.06. The van der Waals surface area contributed by atoms with Gasteiger partial charge in [-0.15, -0.1) is 0 Å². The van der Waals surface area contributed by atoms with Crippen molar-refractivity contribution in [3.63, 3.8) is 0 Å². The van der Waals surface area contributed by atoms with Crippen molar-refractivity contribution >= 4 is 17.6 Å². The summed E-state index contributed by atoms with van der Waals surface area (Å²) in [6, 6.07) is 6.50. The first kappa shape index (κ1) is 17.5. The van der Waals surface area contributed by atoms with Crippen molar-refractivity contribution in [2.24, 2.45) is 7.05 Å². The second kappa shape index (κ2) is 6.73. The van der Waals surface area contributed by atoms with Gasteiger partial charge in [-0.2, -0.15) is 18.3 Å². The molecular formula is C15H15F3N4O2. The number of hydrogen-bond acceptors (Lipinski definition) is 3. The number of aryl methyl sites for hydroxylation is 1. The van der Waals surface area contributed by atoms with Crippen LogP contribution in [0.5, 0.6) is 0 Å². The Morgan fingerprint density at radius 2 is 1.79 bits per heavy atom. The van der Waals surface area contributed by atoms with Crippen LogP contribution in [0.4, 0.5) is 19.0 Å². The molecule has 2 amide bonds. The molecule has 1 heterocycles. The first-order chi connectivity index (χ1) is 11.2. The van der Waals surface area contributed by atoms with Crippen molar-refractivity contribution < 1.29 is 22.8 Å². The number of nitrogens with zero attached hydrogens (tertiary/aromatic N) is 2. The molecule has 0 aliphatic carbocycles. The van der Waals surface area contributed by atoms with E-state index in [1.165, 1.54) is 42.1 Å². The van der Waals surface area contributed by atoms with Gasteiger partial charge in [0.1, 0.15) is 5.69 Å². The van der Waals surface area contributed by atoms with Crippen LogP contribution in [0.2, 0.25) is 0 Å². The molecule has 2 N–H and O–H groups in total. The van der Waals surface area contributed by atoms with E-state index < -0.39 is 18.5 Å². The van der Waals surface area contributed by atoms with E-state index >= 15 is 0 Å². The zero-order chi connectivity index (χ0) is 17.9. The Kier molecular flexibility index (Phi) is 4.91. The minimum absolute atomic E-state index is 0.0683. The largest absolute Gasteiger partial charge is 0.393 e. The van der Waals surface area contributed by atoms with Gasteiger partial charge < -0.3 is 10.6 Å². The van der Waals surface area contributed by atoms with Gasteiger partial charge >= 0.3 is 6.18 Å². The zero-order valence-electron chi connectivity index (χ0n) is 12.9. The number of anilines is 1. The average Bonchev–Trinajstić information content (AvgIpc) is 2.86. The standard InChI is InChI=1S/C15H15F3N4O2/c1-19-14(24)11-7-12(21-22(11)2)20-13(23)10-5-3-9(4-6-10)8-15(16,17)18/h3-7H,8H2,1-2H3,(H,19,24)(H,20,21,23). The monoisotopic (exact) mass is 340 g/mol. The summed E-state index contributed by atoms with van der Waals surface area (Å²) in [5, 5.41) is 8.92. The van der Waals surface area contributed by atoms with Crippen LogP contribution in [0.15, 0.2) is 30.3 Å². The quantitative estimate of drug-likeness (QED) is 0.895. The lowest BCUT2D eigenvalue weighted by Gasteiger charge is -2.07. The zero-order valence-corrected chi connectivity index (χ0v) is 12.9. The Labute approximate surface area is 135 Å². The van der Waals surface area contributed by atoms with Crippen LogP contribution in [0.1, 0.15) is 26.4 Å². The number of carbonyl (C=O) groups excluding carboxylic acids is 2. The van der Waals surface area contributed by atoms with Crippen LogP contribution in [0.25, 0.3) is 0 Å². The summed E-state index contributed by atoms with van der Waals surface area (Å²) in [4.78, 5) is 23.7. The van der Waals surface area contributed by atoms with Crippen LogP contribution in [0.3, 0.4) is 0 Å². The van der Waals surface area contributed by atoms with Crippen molar-refractivity contribution in [3.8, 4) is 0 Å². The van der Waals surface area contributed by atoms with Crippen LogP contribution in [0, 0.1) is 0 Å². The van der Waals surface area contributed by atoms with Gasteiger partial charge in [-0.05, 0) is 17.7 Å². The molecule has 0 radical (unpaired) electrons. The summed E-state index contributed by atoms with van der Waals surface area (Å²) < 4.78 is 38.2. The molecule has 0 saturated heterocycles. The highest BCUT2D eigenvalue weighted by Gasteiger charge is 2.27. The van der Waals surface area contributed by atoms with Gasteiger partial charge in [0.2, 0.25) is 0 Å². The third-order valence-corrected chi connectivity index (χ3v) is 3.20. The third-order valence-electron chi connectivity index (χ3n) is 3.20. The van der Waals surface area contributed by atoms with E-state index in [0.29, 0.717) is 0 Å². The van der Waals surface area contributed by atoms with Crippen LogP contribution in [-0.2, 0) is 13.5 Å². The minimum Gasteiger partial charge on any atom is -0.354 e. The number of aromatic nitrogens is 2. The predicted octanol–water partition coefficient (Wildman–Crippen LogP) is 2.14. The van der Waals surface area contributed by atoms with E-state index in [1.807, 2.05) is 0 Å². The molecule has 0 fully saturated rings. The number of nitrogens with one attached hydrogen (secondary N) is 2. The number of alkyl halides is 3. The summed E-state index contributed by atoms with van der Waals surface area (Å²) >= 11 is 0. The molecule has 2 aromatic rings. The maximum Gasteiger partial charge on any atom is 0.393 e. The molecule has 128 valence electrons. The van der Waals surface area contributed by atoms with Crippen molar-refractivity contribution in [2.75, 3.05) is 12.4 Å². The van der Waals surface area contributed by atoms with Gasteiger partial charge in [0.15, 0.2) is 5.82 Å². The SMILES string of the molecule is CNC(=O)c1cc(NC(=O)c2ccc(CC(F)(F)F)cc2)nn1C. The number of halogens is 3. The molecule has 0 unspecified atom stereocenters. The molecule has 0 atom stereocenters. The second-order valence-electron chi connectivity index (χ2n) is 5.06. The maximum absolute atomic E-state index is 12.3. The average molecular weight is 340 g/mol. The lowest BCUT2D eigenvalue weighted by Crippen LogP contribution is -2.20. The van der Waals surface area contributed by atoms with Gasteiger partial charge in [0.25, 0.3) is 11.8 Å². The Morgan fingerprint density at radius 3 is 2.33 bits per heavy atom. The molecule has 1 aromatic carbocycles. The third kappa shape index (κ3) is 4.34. The summed E-state index contributed by atoms with van der Waals surface area (Å²) in [5.74, 6) is -0.724. The molecule has 9 heteroatoms. The number of carbonyl (C=O) groups is 2. The van der Waals surface area contributed by atoms with Crippen molar-refractivity contribution in [3.05, 3.63) is 47.2 Å². The summed E-state index contributed by atoms with van der Waals surface area (Å²) in [6.07, 6.45) is -5.35. The van der Waals surface area contributed by atoms with E-state index in [9.17, 15) is 22.8 Å². The first-order valence-electron chi connectivity index (χ1n) is 6.93. The van der Waals surface area contributed by atoms with E-state index in [-0.39, 0.29) is 28.5 Å². The first-order valence-corrected chi connectivity index (χ1v) is 6.93. The van der Waals surface area contributed by atoms with Gasteiger partial charge in [-0.25, -0.2) is 0 Å². The topological polar surface area (TPSA) is 76.0 Å². The Hall–Kier alpha value is -2.84. The molecule has 2 rings (SSSR count). The second-order valence-corrected chi connectivity index (χ2v) is 5.06. The Morgan fingerprint density at radius 1 is 1.17 bits per heavy atom. The van der Waals surface area contributed by atoms with Gasteiger partial charge in [0, 0.05) is 25.7 Å². The molecule has 0 aliphatic heterocycles. The van der Waals surface area contributed by atoms with Crippen LogP contribution >= 0.6 is 0 Å². The van der Waals surface area contributed by atoms with Crippen LogP contribution < -0.4 is 10.6 Å². The van der Waals surface area contributed by atoms with Crippen LogP contribution in [-0.4, -0.2) is 34.8 Å². The highest BCUT2D eigenvalue weighted by Crippen LogP contribution is 2.21. The maximum atomic E-state index is 12.3. The molecule has 1 aromatic heterocycles. The van der Waals surface area contributed by atoms with Gasteiger partial charge in [-0.1, -0.05) is 12.1 Å². The molecule has 0 aliphatic rings. The van der Waals surface area contributed by atoms with E-state index in [0.717, 1.165) is 0 Å². The number of hydrogen-bond donors (Lipinski definition) is 2. The summed E-state index contributed by atoms with van der Waals surface area (Å²) in [6.45, 7) is 0. The predicted molar refractivity (Wildman–Crippen MR) is 80.8 cm³/mol. The smallest absolute Gasteiger partial charge is 0.354 e. The fraction of sp³-hybridized carbons (Fsp3) is 0.267. The van der Waals surface area contributed by atoms with Gasteiger partial charge in [-0.3, -0.25) is 14.3 Å². The van der Waals surface area contributed by atoms with E-state index in [1.54, 1.807) is 7.05 Å². The van der Waals surface area contributed by atoms with E-state index in [2.05, 4.69) is 15.7 Å². The molecule has 0 bridgehead atoms. The van der Waals surface area contributed by atoms with E-state index in [4.69, 9.17) is 0 Å². The van der Waals surface area contributed by atoms with Crippen molar-refractivity contribution in [2.45, 2.75) is 12.6 Å². The molecule has 0 spiro atoms. The molecule has 24 heavy (non-hydrogen) atoms. The number of benzene rings is 1. The molecule has 0 saturated carbocycles. The summed E-state index contributed by atoms with van der Waals surface area (Å²) in [7, 11) is 3.02. The Bertz CT molecular complexity index is 751. The van der Waals surface area contributed by atoms with Crippen molar-refractivity contribution in [1.82, 2.24) is 15.1 Å². The number of rotatable bonds is 4. The normalized spacial score (nSPS) is 11.2. The van der Waals surface area contributed by atoms with Crippen molar-refractivity contribution in [1.29, 1.82) is 0 Å². The fourth-order valence-corrected chi connectivity index (χ4v) is 2.06. The highest BCUT2D eigenvalue weighted by molar-refractivity contribution is 6.04.